The van der Waals surface area contributed by atoms with Crippen molar-refractivity contribution in [1.82, 2.24) is 15.6 Å². The number of nitrogens with one attached hydrogen (secondary N) is 2. The molecule has 3 rings (SSSR count). The summed E-state index contributed by atoms with van der Waals surface area (Å²) in [5.74, 6) is 0.282. The molecule has 4 heteroatoms. The Morgan fingerprint density at radius 2 is 1.76 bits per heavy atom. The maximum atomic E-state index is 12.8. The summed E-state index contributed by atoms with van der Waals surface area (Å²) >= 11 is 0. The molecule has 0 spiro atoms. The van der Waals surface area contributed by atoms with Crippen molar-refractivity contribution in [3.8, 4) is 0 Å². The van der Waals surface area contributed by atoms with Crippen molar-refractivity contribution in [2.24, 2.45) is 0 Å². The van der Waals surface area contributed by atoms with Gasteiger partial charge in [-0.1, -0.05) is 51.1 Å². The lowest BCUT2D eigenvalue weighted by Gasteiger charge is -2.17. The Hall–Kier alpha value is -2.46. The summed E-state index contributed by atoms with van der Waals surface area (Å²) in [7, 11) is 1.85. The molecule has 3 aromatic rings. The molecule has 2 aromatic carbocycles. The van der Waals surface area contributed by atoms with Crippen LogP contribution in [-0.4, -0.2) is 24.1 Å². The third kappa shape index (κ3) is 3.35. The van der Waals surface area contributed by atoms with Crippen LogP contribution in [0.2, 0.25) is 0 Å². The van der Waals surface area contributed by atoms with E-state index >= 15 is 0 Å². The van der Waals surface area contributed by atoms with Gasteiger partial charge in [0, 0.05) is 10.8 Å². The van der Waals surface area contributed by atoms with Gasteiger partial charge in [-0.3, -0.25) is 4.79 Å². The van der Waals surface area contributed by atoms with Crippen molar-refractivity contribution in [2.75, 3.05) is 7.05 Å². The molecule has 1 heterocycles. The van der Waals surface area contributed by atoms with Gasteiger partial charge in [0.15, 0.2) is 0 Å². The van der Waals surface area contributed by atoms with Crippen molar-refractivity contribution in [3.63, 3.8) is 0 Å². The number of fused-ring (bicyclic) bond motifs is 2. The molecule has 0 fully saturated rings. The SMILES string of the molecule is CCC(NC)NC(=O)c1cccc2cc3cccc(C(C)C)c3nc12. The molecule has 2 N–H and O–H groups in total. The largest absolute Gasteiger partial charge is 0.337 e. The van der Waals surface area contributed by atoms with Gasteiger partial charge < -0.3 is 10.6 Å². The molecule has 25 heavy (non-hydrogen) atoms. The highest BCUT2D eigenvalue weighted by atomic mass is 16.1. The summed E-state index contributed by atoms with van der Waals surface area (Å²) in [5, 5.41) is 8.22. The van der Waals surface area contributed by atoms with Crippen molar-refractivity contribution in [2.45, 2.75) is 39.3 Å². The van der Waals surface area contributed by atoms with E-state index in [1.54, 1.807) is 0 Å². The first-order chi connectivity index (χ1) is 12.0. The fourth-order valence-corrected chi connectivity index (χ4v) is 3.17. The van der Waals surface area contributed by atoms with Crippen molar-refractivity contribution in [1.29, 1.82) is 0 Å². The van der Waals surface area contributed by atoms with E-state index in [1.807, 2.05) is 32.2 Å². The molecular formula is C21H25N3O. The summed E-state index contributed by atoms with van der Waals surface area (Å²) in [6, 6.07) is 14.2. The van der Waals surface area contributed by atoms with Gasteiger partial charge in [-0.25, -0.2) is 4.98 Å². The molecule has 0 bridgehead atoms. The van der Waals surface area contributed by atoms with Crippen LogP contribution in [0.3, 0.4) is 0 Å². The number of pyridine rings is 1. The summed E-state index contributed by atoms with van der Waals surface area (Å²) in [6.07, 6.45) is 0.773. The van der Waals surface area contributed by atoms with E-state index < -0.39 is 0 Å². The van der Waals surface area contributed by atoms with Gasteiger partial charge in [-0.05, 0) is 37.1 Å². The highest BCUT2D eigenvalue weighted by Gasteiger charge is 2.16. The number of aromatic nitrogens is 1. The zero-order valence-corrected chi connectivity index (χ0v) is 15.3. The van der Waals surface area contributed by atoms with E-state index in [1.165, 1.54) is 5.56 Å². The number of hydrogen-bond donors (Lipinski definition) is 2. The number of benzene rings is 2. The molecule has 0 saturated heterocycles. The predicted molar refractivity (Wildman–Crippen MR) is 104 cm³/mol. The molecule has 0 saturated carbocycles. The highest BCUT2D eigenvalue weighted by Crippen LogP contribution is 2.28. The Labute approximate surface area is 148 Å². The number of carbonyl (C=O) groups is 1. The lowest BCUT2D eigenvalue weighted by Crippen LogP contribution is -2.43. The summed E-state index contributed by atoms with van der Waals surface area (Å²) in [4.78, 5) is 17.6. The van der Waals surface area contributed by atoms with Crippen LogP contribution >= 0.6 is 0 Å². The first kappa shape index (κ1) is 17.4. The molecule has 130 valence electrons. The topological polar surface area (TPSA) is 54.0 Å². The Kier molecular flexibility index (Phi) is 5.00. The van der Waals surface area contributed by atoms with Crippen LogP contribution in [0.15, 0.2) is 42.5 Å². The quantitative estimate of drug-likeness (QED) is 0.543. The fourth-order valence-electron chi connectivity index (χ4n) is 3.17. The van der Waals surface area contributed by atoms with Crippen LogP contribution in [0.25, 0.3) is 21.8 Å². The number of hydrogen-bond acceptors (Lipinski definition) is 3. The van der Waals surface area contributed by atoms with Gasteiger partial charge in [0.25, 0.3) is 5.91 Å². The summed E-state index contributed by atoms with van der Waals surface area (Å²) < 4.78 is 0. The first-order valence-electron chi connectivity index (χ1n) is 8.85. The molecular weight excluding hydrogens is 310 g/mol. The molecule has 4 nitrogen and oxygen atoms in total. The molecule has 0 radical (unpaired) electrons. The minimum Gasteiger partial charge on any atom is -0.337 e. The van der Waals surface area contributed by atoms with E-state index in [0.717, 1.165) is 28.2 Å². The van der Waals surface area contributed by atoms with Crippen LogP contribution in [0.5, 0.6) is 0 Å². The average molecular weight is 335 g/mol. The molecule has 1 amide bonds. The van der Waals surface area contributed by atoms with E-state index in [4.69, 9.17) is 4.98 Å². The van der Waals surface area contributed by atoms with Crippen LogP contribution in [0.4, 0.5) is 0 Å². The van der Waals surface area contributed by atoms with Gasteiger partial charge >= 0.3 is 0 Å². The highest BCUT2D eigenvalue weighted by molar-refractivity contribution is 6.08. The minimum atomic E-state index is -0.0966. The molecule has 1 atom stereocenters. The number of carbonyl (C=O) groups excluding carboxylic acids is 1. The second-order valence-electron chi connectivity index (χ2n) is 6.66. The zero-order valence-electron chi connectivity index (χ0n) is 15.3. The van der Waals surface area contributed by atoms with Gasteiger partial charge in [0.05, 0.1) is 22.8 Å². The molecule has 1 unspecified atom stereocenters. The molecule has 1 aromatic heterocycles. The second kappa shape index (κ2) is 7.19. The maximum absolute atomic E-state index is 12.8. The Bertz CT molecular complexity index is 914. The minimum absolute atomic E-state index is 0.0468. The Balaban J connectivity index is 2.17. The monoisotopic (exact) mass is 335 g/mol. The van der Waals surface area contributed by atoms with Gasteiger partial charge in [-0.15, -0.1) is 0 Å². The Morgan fingerprint density at radius 1 is 1.08 bits per heavy atom. The summed E-state index contributed by atoms with van der Waals surface area (Å²) in [5.41, 5.74) is 3.56. The molecule has 0 aliphatic carbocycles. The van der Waals surface area contributed by atoms with E-state index in [-0.39, 0.29) is 12.1 Å². The number of amides is 1. The van der Waals surface area contributed by atoms with E-state index in [2.05, 4.69) is 48.7 Å². The van der Waals surface area contributed by atoms with E-state index in [9.17, 15) is 4.79 Å². The number of rotatable bonds is 5. The van der Waals surface area contributed by atoms with Crippen LogP contribution in [0.1, 0.15) is 49.0 Å². The van der Waals surface area contributed by atoms with Crippen molar-refractivity contribution >= 4 is 27.7 Å². The van der Waals surface area contributed by atoms with Crippen molar-refractivity contribution in [3.05, 3.63) is 53.6 Å². The fraction of sp³-hybridized carbons (Fsp3) is 0.333. The average Bonchev–Trinajstić information content (AvgIpc) is 2.62. The van der Waals surface area contributed by atoms with Gasteiger partial charge in [-0.2, -0.15) is 0 Å². The van der Waals surface area contributed by atoms with Gasteiger partial charge in [0.1, 0.15) is 0 Å². The zero-order chi connectivity index (χ0) is 18.0. The smallest absolute Gasteiger partial charge is 0.254 e. The van der Waals surface area contributed by atoms with Gasteiger partial charge in [0.2, 0.25) is 0 Å². The third-order valence-corrected chi connectivity index (χ3v) is 4.63. The predicted octanol–water partition coefficient (Wildman–Crippen LogP) is 4.20. The third-order valence-electron chi connectivity index (χ3n) is 4.63. The lowest BCUT2D eigenvalue weighted by molar-refractivity contribution is 0.0931. The molecule has 0 aliphatic rings. The second-order valence-corrected chi connectivity index (χ2v) is 6.66. The molecule has 0 aliphatic heterocycles. The number of para-hydroxylation sites is 2. The standard InChI is InChI=1S/C21H25N3O/c1-5-18(22-4)23-21(25)17-11-7-9-15-12-14-8-6-10-16(13(2)3)19(14)24-20(15)17/h6-13,18,22H,5H2,1-4H3,(H,23,25). The maximum Gasteiger partial charge on any atom is 0.254 e. The van der Waals surface area contributed by atoms with Crippen molar-refractivity contribution < 1.29 is 4.79 Å². The normalized spacial score (nSPS) is 12.7. The summed E-state index contributed by atoms with van der Waals surface area (Å²) in [6.45, 7) is 6.36. The lowest BCUT2D eigenvalue weighted by atomic mass is 9.98. The van der Waals surface area contributed by atoms with Crippen LogP contribution < -0.4 is 10.6 Å². The Morgan fingerprint density at radius 3 is 2.40 bits per heavy atom. The van der Waals surface area contributed by atoms with E-state index in [0.29, 0.717) is 11.5 Å². The van der Waals surface area contributed by atoms with Crippen LogP contribution in [-0.2, 0) is 0 Å². The first-order valence-corrected chi connectivity index (χ1v) is 8.85. The number of nitrogens with zero attached hydrogens (tertiary/aromatic N) is 1. The van der Waals surface area contributed by atoms with Crippen LogP contribution in [0, 0.1) is 0 Å².